The van der Waals surface area contributed by atoms with Crippen LogP contribution >= 0.6 is 0 Å². The molecule has 0 aliphatic carbocycles. The highest BCUT2D eigenvalue weighted by molar-refractivity contribution is 6.22. The van der Waals surface area contributed by atoms with E-state index in [0.717, 1.165) is 4.90 Å². The lowest BCUT2D eigenvalue weighted by Crippen LogP contribution is -2.35. The summed E-state index contributed by atoms with van der Waals surface area (Å²) < 4.78 is 0. The lowest BCUT2D eigenvalue weighted by atomic mass is 10.1. The van der Waals surface area contributed by atoms with Crippen molar-refractivity contribution in [1.29, 1.82) is 0 Å². The molecule has 3 amide bonds. The number of amides is 3. The summed E-state index contributed by atoms with van der Waals surface area (Å²) >= 11 is 0. The van der Waals surface area contributed by atoms with Gasteiger partial charge in [0.25, 0.3) is 17.7 Å². The number of nitrogens with zero attached hydrogens (tertiary/aromatic N) is 1. The van der Waals surface area contributed by atoms with Gasteiger partial charge in [0, 0.05) is 0 Å². The molecule has 0 spiro atoms. The number of imide groups is 1. The van der Waals surface area contributed by atoms with Gasteiger partial charge in [-0.1, -0.05) is 12.1 Å². The Labute approximate surface area is 85.5 Å². The minimum atomic E-state index is -0.954. The summed E-state index contributed by atoms with van der Waals surface area (Å²) in [5, 5.41) is 0. The molecule has 0 saturated carbocycles. The van der Waals surface area contributed by atoms with Crippen LogP contribution in [-0.4, -0.2) is 29.2 Å². The van der Waals surface area contributed by atoms with Crippen molar-refractivity contribution in [2.45, 2.75) is 0 Å². The van der Waals surface area contributed by atoms with Crippen LogP contribution in [0.15, 0.2) is 24.3 Å². The molecule has 1 aliphatic heterocycles. The van der Waals surface area contributed by atoms with E-state index in [1.807, 2.05) is 0 Å². The van der Waals surface area contributed by atoms with Gasteiger partial charge < -0.3 is 0 Å². The monoisotopic (exact) mass is 203 g/mol. The van der Waals surface area contributed by atoms with E-state index in [2.05, 4.69) is 0 Å². The number of carbonyl (C=O) groups is 3. The third-order valence-corrected chi connectivity index (χ3v) is 2.18. The predicted octanol–water partition coefficient (Wildman–Crippen LogP) is 0.0921. The molecule has 75 valence electrons. The molecular weight excluding hydrogens is 196 g/mol. The summed E-state index contributed by atoms with van der Waals surface area (Å²) in [7, 11) is 0. The van der Waals surface area contributed by atoms with Gasteiger partial charge in [-0.15, -0.1) is 0 Å². The Morgan fingerprint density at radius 1 is 1.13 bits per heavy atom. The van der Waals surface area contributed by atoms with Crippen molar-refractivity contribution < 1.29 is 14.4 Å². The van der Waals surface area contributed by atoms with Crippen molar-refractivity contribution in [2.24, 2.45) is 0 Å². The topological polar surface area (TPSA) is 78.2 Å². The van der Waals surface area contributed by atoms with Crippen molar-refractivity contribution in [3.05, 3.63) is 35.4 Å². The van der Waals surface area contributed by atoms with Crippen LogP contribution in [0.3, 0.4) is 0 Å². The zero-order valence-corrected chi connectivity index (χ0v) is 7.69. The van der Waals surface area contributed by atoms with Gasteiger partial charge in [-0.2, -0.15) is 0 Å². The third-order valence-electron chi connectivity index (χ3n) is 2.18. The summed E-state index contributed by atoms with van der Waals surface area (Å²) in [5.41, 5.74) is 7.33. The Bertz CT molecular complexity index is 432. The van der Waals surface area contributed by atoms with Gasteiger partial charge in [0.2, 0.25) is 0 Å². The summed E-state index contributed by atoms with van der Waals surface area (Å²) in [6, 6.07) is 6.36. The maximum atomic E-state index is 11.6. The molecule has 1 aromatic carbocycles. The molecule has 0 saturated heterocycles. The van der Waals surface area contributed by atoms with E-state index >= 15 is 0 Å². The molecule has 0 bridgehead atoms. The normalized spacial score (nSPS) is 14.3. The standard InChI is InChI=1S/C10H7N2O3/c11-8(13)5-12-9(14)6-3-1-2-4-7(6)10(12)15/h1-4,11H,5H2. The largest absolute Gasteiger partial charge is 0.271 e. The van der Waals surface area contributed by atoms with Crippen LogP contribution in [0.1, 0.15) is 20.7 Å². The lowest BCUT2D eigenvalue weighted by Gasteiger charge is -2.09. The van der Waals surface area contributed by atoms with Crippen LogP contribution in [0.2, 0.25) is 0 Å². The molecule has 0 fully saturated rings. The number of hydrogen-bond donors (Lipinski definition) is 0. The summed E-state index contributed by atoms with van der Waals surface area (Å²) in [5.74, 6) is -1.96. The fourth-order valence-corrected chi connectivity index (χ4v) is 1.53. The maximum Gasteiger partial charge on any atom is 0.262 e. The molecule has 5 heteroatoms. The molecule has 1 aliphatic rings. The fourth-order valence-electron chi connectivity index (χ4n) is 1.53. The number of nitrogens with one attached hydrogen (secondary N) is 1. The molecule has 1 N–H and O–H groups in total. The van der Waals surface area contributed by atoms with Crippen molar-refractivity contribution in [2.75, 3.05) is 6.54 Å². The third kappa shape index (κ3) is 1.38. The first-order chi connectivity index (χ1) is 7.11. The zero-order chi connectivity index (χ0) is 11.0. The van der Waals surface area contributed by atoms with Gasteiger partial charge in [0.15, 0.2) is 0 Å². The Morgan fingerprint density at radius 2 is 1.60 bits per heavy atom. The lowest BCUT2D eigenvalue weighted by molar-refractivity contribution is -0.118. The number of fused-ring (bicyclic) bond motifs is 1. The smallest absolute Gasteiger partial charge is 0.262 e. The highest BCUT2D eigenvalue weighted by Crippen LogP contribution is 2.21. The van der Waals surface area contributed by atoms with Gasteiger partial charge in [0.05, 0.1) is 11.1 Å². The van der Waals surface area contributed by atoms with Crippen molar-refractivity contribution in [3.8, 4) is 0 Å². The van der Waals surface area contributed by atoms with Gasteiger partial charge in [-0.05, 0) is 12.1 Å². The molecule has 0 unspecified atom stereocenters. The maximum absolute atomic E-state index is 11.6. The van der Waals surface area contributed by atoms with Crippen LogP contribution in [-0.2, 0) is 4.79 Å². The first-order valence-corrected chi connectivity index (χ1v) is 4.31. The van der Waals surface area contributed by atoms with Crippen LogP contribution < -0.4 is 5.73 Å². The Balaban J connectivity index is 2.41. The van der Waals surface area contributed by atoms with E-state index < -0.39 is 24.3 Å². The van der Waals surface area contributed by atoms with E-state index in [4.69, 9.17) is 5.73 Å². The Morgan fingerprint density at radius 3 is 2.00 bits per heavy atom. The zero-order valence-electron chi connectivity index (χ0n) is 7.69. The number of rotatable bonds is 2. The number of benzene rings is 1. The van der Waals surface area contributed by atoms with Crippen molar-refractivity contribution >= 4 is 17.7 Å². The molecule has 1 radical (unpaired) electrons. The van der Waals surface area contributed by atoms with Crippen molar-refractivity contribution in [3.63, 3.8) is 0 Å². The summed E-state index contributed by atoms with van der Waals surface area (Å²) in [6.45, 7) is -0.480. The first kappa shape index (κ1) is 9.39. The second-order valence-electron chi connectivity index (χ2n) is 3.17. The van der Waals surface area contributed by atoms with Crippen LogP contribution in [0.25, 0.3) is 0 Å². The number of carbonyl (C=O) groups excluding carboxylic acids is 3. The van der Waals surface area contributed by atoms with E-state index in [1.165, 1.54) is 12.1 Å². The quantitative estimate of drug-likeness (QED) is 0.639. The molecule has 15 heavy (non-hydrogen) atoms. The highest BCUT2D eigenvalue weighted by Gasteiger charge is 2.35. The molecule has 1 heterocycles. The van der Waals surface area contributed by atoms with Gasteiger partial charge >= 0.3 is 0 Å². The molecule has 0 aromatic heterocycles. The molecule has 1 aromatic rings. The minimum absolute atomic E-state index is 0.295. The second kappa shape index (κ2) is 3.20. The molecular formula is C10H7N2O3. The van der Waals surface area contributed by atoms with Crippen molar-refractivity contribution in [1.82, 2.24) is 10.6 Å². The second-order valence-corrected chi connectivity index (χ2v) is 3.17. The van der Waals surface area contributed by atoms with Crippen LogP contribution in [0.4, 0.5) is 0 Å². The fraction of sp³-hybridized carbons (Fsp3) is 0.100. The van der Waals surface area contributed by atoms with E-state index in [9.17, 15) is 14.4 Å². The average Bonchev–Trinajstić information content (AvgIpc) is 2.44. The van der Waals surface area contributed by atoms with E-state index in [-0.39, 0.29) is 0 Å². The van der Waals surface area contributed by atoms with Gasteiger partial charge in [-0.25, -0.2) is 0 Å². The highest BCUT2D eigenvalue weighted by atomic mass is 16.2. The molecule has 0 atom stereocenters. The van der Waals surface area contributed by atoms with Crippen LogP contribution in [0.5, 0.6) is 0 Å². The average molecular weight is 203 g/mol. The summed E-state index contributed by atoms with van der Waals surface area (Å²) in [6.07, 6.45) is 0. The van der Waals surface area contributed by atoms with E-state index in [0.29, 0.717) is 11.1 Å². The molecule has 2 rings (SSSR count). The number of hydrogen-bond acceptors (Lipinski definition) is 3. The predicted molar refractivity (Wildman–Crippen MR) is 49.9 cm³/mol. The van der Waals surface area contributed by atoms with Gasteiger partial charge in [0.1, 0.15) is 6.54 Å². The first-order valence-electron chi connectivity index (χ1n) is 4.31. The van der Waals surface area contributed by atoms with Crippen LogP contribution in [0, 0.1) is 0 Å². The minimum Gasteiger partial charge on any atom is -0.271 e. The summed E-state index contributed by atoms with van der Waals surface area (Å²) in [4.78, 5) is 34.6. The SMILES string of the molecule is [NH]C(=O)CN1C(=O)c2ccccc2C1=O. The molecule has 5 nitrogen and oxygen atoms in total. The van der Waals surface area contributed by atoms with Gasteiger partial charge in [-0.3, -0.25) is 25.0 Å². The van der Waals surface area contributed by atoms with E-state index in [1.54, 1.807) is 12.1 Å². The Hall–Kier alpha value is -2.17. The Kier molecular flexibility index (Phi) is 2.00.